The van der Waals surface area contributed by atoms with Crippen molar-refractivity contribution in [2.45, 2.75) is 0 Å². The highest BCUT2D eigenvalue weighted by Crippen LogP contribution is 2.12. The van der Waals surface area contributed by atoms with Crippen molar-refractivity contribution in [1.82, 2.24) is 10.2 Å². The van der Waals surface area contributed by atoms with Crippen molar-refractivity contribution in [3.05, 3.63) is 35.8 Å². The van der Waals surface area contributed by atoms with E-state index in [1.54, 1.807) is 0 Å². The zero-order valence-electron chi connectivity index (χ0n) is 6.94. The zero-order chi connectivity index (χ0) is 10.1. The lowest BCUT2D eigenvalue weighted by Crippen LogP contribution is -2.01. The summed E-state index contributed by atoms with van der Waals surface area (Å²) in [6.45, 7) is 0. The van der Waals surface area contributed by atoms with Crippen molar-refractivity contribution in [2.24, 2.45) is 0 Å². The predicted molar refractivity (Wildman–Crippen MR) is 46.5 cm³/mol. The fourth-order valence-electron chi connectivity index (χ4n) is 1.11. The van der Waals surface area contributed by atoms with E-state index in [-0.39, 0.29) is 5.69 Å². The molecule has 1 heterocycles. The largest absolute Gasteiger partial charge is 0.476 e. The van der Waals surface area contributed by atoms with E-state index in [0.717, 1.165) is 0 Å². The zero-order valence-corrected chi connectivity index (χ0v) is 6.94. The summed E-state index contributed by atoms with van der Waals surface area (Å²) in [5.74, 6) is -1.57. The third kappa shape index (κ3) is 1.39. The number of carbonyl (C=O) groups is 1. The second-order valence-corrected chi connectivity index (χ2v) is 2.74. The maximum absolute atomic E-state index is 12.7. The average molecular weight is 192 g/mol. The Morgan fingerprint density at radius 2 is 2.07 bits per heavy atom. The van der Waals surface area contributed by atoms with Crippen LogP contribution >= 0.6 is 0 Å². The number of halogens is 1. The molecule has 0 fully saturated rings. The van der Waals surface area contributed by atoms with E-state index in [1.165, 1.54) is 24.3 Å². The molecule has 1 aromatic heterocycles. The van der Waals surface area contributed by atoms with Crippen LogP contribution in [0.15, 0.2) is 24.3 Å². The number of carboxylic acid groups (broad SMARTS) is 1. The number of nitrogens with zero attached hydrogens (tertiary/aromatic N) is 2. The SMILES string of the molecule is O=C(O)c1cc2ccc(F)cc2nn1. The van der Waals surface area contributed by atoms with Crippen LogP contribution in [-0.2, 0) is 0 Å². The molecule has 2 rings (SSSR count). The van der Waals surface area contributed by atoms with Gasteiger partial charge in [0.25, 0.3) is 0 Å². The fraction of sp³-hybridized carbons (Fsp3) is 0. The topological polar surface area (TPSA) is 63.1 Å². The van der Waals surface area contributed by atoms with Crippen molar-refractivity contribution in [2.75, 3.05) is 0 Å². The van der Waals surface area contributed by atoms with Gasteiger partial charge in [0.2, 0.25) is 0 Å². The van der Waals surface area contributed by atoms with Crippen molar-refractivity contribution >= 4 is 16.9 Å². The highest BCUT2D eigenvalue weighted by molar-refractivity contribution is 5.90. The van der Waals surface area contributed by atoms with Gasteiger partial charge in [-0.25, -0.2) is 9.18 Å². The Hall–Kier alpha value is -2.04. The van der Waals surface area contributed by atoms with Gasteiger partial charge >= 0.3 is 5.97 Å². The molecule has 70 valence electrons. The normalized spacial score (nSPS) is 10.4. The molecule has 0 aliphatic carbocycles. The third-order valence-electron chi connectivity index (χ3n) is 1.77. The minimum absolute atomic E-state index is 0.149. The standard InChI is InChI=1S/C9H5FN2O2/c10-6-2-1-5-3-8(9(13)14)12-11-7(5)4-6/h1-4H,(H,13,14). The lowest BCUT2D eigenvalue weighted by atomic mass is 10.2. The van der Waals surface area contributed by atoms with Crippen molar-refractivity contribution < 1.29 is 14.3 Å². The van der Waals surface area contributed by atoms with Gasteiger partial charge in [-0.2, -0.15) is 0 Å². The molecular formula is C9H5FN2O2. The molecule has 2 aromatic rings. The molecule has 0 aliphatic heterocycles. The van der Waals surface area contributed by atoms with Gasteiger partial charge < -0.3 is 5.11 Å². The maximum Gasteiger partial charge on any atom is 0.356 e. The van der Waals surface area contributed by atoms with Gasteiger partial charge in [-0.3, -0.25) is 0 Å². The lowest BCUT2D eigenvalue weighted by Gasteiger charge is -1.97. The van der Waals surface area contributed by atoms with Crippen LogP contribution < -0.4 is 0 Å². The van der Waals surface area contributed by atoms with Crippen LogP contribution in [0.4, 0.5) is 4.39 Å². The molecule has 0 aliphatic rings. The summed E-state index contributed by atoms with van der Waals surface area (Å²) in [7, 11) is 0. The van der Waals surface area contributed by atoms with Crippen LogP contribution in [0.1, 0.15) is 10.5 Å². The van der Waals surface area contributed by atoms with Crippen LogP contribution in [0.3, 0.4) is 0 Å². The van der Waals surface area contributed by atoms with Crippen LogP contribution in [0.25, 0.3) is 10.9 Å². The third-order valence-corrected chi connectivity index (χ3v) is 1.77. The molecule has 1 aromatic carbocycles. The summed E-state index contributed by atoms with van der Waals surface area (Å²) in [6, 6.07) is 5.26. The monoisotopic (exact) mass is 192 g/mol. The van der Waals surface area contributed by atoms with E-state index < -0.39 is 11.8 Å². The first-order valence-electron chi connectivity index (χ1n) is 3.83. The first-order valence-corrected chi connectivity index (χ1v) is 3.83. The second kappa shape index (κ2) is 3.02. The van der Waals surface area contributed by atoms with Gasteiger partial charge in [-0.05, 0) is 18.2 Å². The molecule has 0 saturated carbocycles. The summed E-state index contributed by atoms with van der Waals surface area (Å²) >= 11 is 0. The number of aromatic nitrogens is 2. The predicted octanol–water partition coefficient (Wildman–Crippen LogP) is 1.47. The Morgan fingerprint density at radius 3 is 2.79 bits per heavy atom. The number of aromatic carboxylic acids is 1. The summed E-state index contributed by atoms with van der Waals surface area (Å²) in [5, 5.41) is 16.2. The van der Waals surface area contributed by atoms with Gasteiger partial charge in [0.1, 0.15) is 5.82 Å². The quantitative estimate of drug-likeness (QED) is 0.743. The van der Waals surface area contributed by atoms with Gasteiger partial charge in [0.05, 0.1) is 5.52 Å². The highest BCUT2D eigenvalue weighted by atomic mass is 19.1. The number of carboxylic acids is 1. The molecule has 0 saturated heterocycles. The van der Waals surface area contributed by atoms with Crippen LogP contribution in [0.5, 0.6) is 0 Å². The number of fused-ring (bicyclic) bond motifs is 1. The number of rotatable bonds is 1. The molecule has 4 nitrogen and oxygen atoms in total. The molecule has 0 atom stereocenters. The number of hydrogen-bond acceptors (Lipinski definition) is 3. The Morgan fingerprint density at radius 1 is 1.29 bits per heavy atom. The number of hydrogen-bond donors (Lipinski definition) is 1. The molecule has 0 amide bonds. The maximum atomic E-state index is 12.7. The van der Waals surface area contributed by atoms with Crippen molar-refractivity contribution in [3.63, 3.8) is 0 Å². The van der Waals surface area contributed by atoms with E-state index in [0.29, 0.717) is 10.9 Å². The van der Waals surface area contributed by atoms with Crippen LogP contribution in [-0.4, -0.2) is 21.3 Å². The summed E-state index contributed by atoms with van der Waals surface area (Å²) < 4.78 is 12.7. The fourth-order valence-corrected chi connectivity index (χ4v) is 1.11. The first-order chi connectivity index (χ1) is 6.66. The van der Waals surface area contributed by atoms with Crippen molar-refractivity contribution in [3.8, 4) is 0 Å². The Balaban J connectivity index is 2.67. The molecular weight excluding hydrogens is 187 g/mol. The van der Waals surface area contributed by atoms with E-state index >= 15 is 0 Å². The van der Waals surface area contributed by atoms with E-state index in [4.69, 9.17) is 5.11 Å². The average Bonchev–Trinajstić information content (AvgIpc) is 2.16. The molecule has 0 unspecified atom stereocenters. The molecule has 0 radical (unpaired) electrons. The minimum atomic E-state index is -1.15. The summed E-state index contributed by atoms with van der Waals surface area (Å²) in [6.07, 6.45) is 0. The Labute approximate surface area is 78.0 Å². The van der Waals surface area contributed by atoms with Crippen molar-refractivity contribution in [1.29, 1.82) is 0 Å². The molecule has 14 heavy (non-hydrogen) atoms. The molecule has 0 bridgehead atoms. The van der Waals surface area contributed by atoms with E-state index in [2.05, 4.69) is 10.2 Å². The smallest absolute Gasteiger partial charge is 0.356 e. The molecule has 5 heteroatoms. The van der Waals surface area contributed by atoms with Gasteiger partial charge in [0.15, 0.2) is 5.69 Å². The number of benzene rings is 1. The van der Waals surface area contributed by atoms with Gasteiger partial charge in [0, 0.05) is 11.5 Å². The van der Waals surface area contributed by atoms with Gasteiger partial charge in [-0.1, -0.05) is 0 Å². The van der Waals surface area contributed by atoms with E-state index in [9.17, 15) is 9.18 Å². The van der Waals surface area contributed by atoms with Gasteiger partial charge in [-0.15, -0.1) is 10.2 Å². The van der Waals surface area contributed by atoms with E-state index in [1.807, 2.05) is 0 Å². The summed E-state index contributed by atoms with van der Waals surface area (Å²) in [4.78, 5) is 10.5. The lowest BCUT2D eigenvalue weighted by molar-refractivity contribution is 0.0689. The minimum Gasteiger partial charge on any atom is -0.476 e. The first kappa shape index (κ1) is 8.55. The Bertz CT molecular complexity index is 513. The van der Waals surface area contributed by atoms with Crippen LogP contribution in [0.2, 0.25) is 0 Å². The molecule has 0 spiro atoms. The van der Waals surface area contributed by atoms with Crippen LogP contribution in [0, 0.1) is 5.82 Å². The Kier molecular flexibility index (Phi) is 1.85. The summed E-state index contributed by atoms with van der Waals surface area (Å²) in [5.41, 5.74) is 0.194. The highest BCUT2D eigenvalue weighted by Gasteiger charge is 2.06. The second-order valence-electron chi connectivity index (χ2n) is 2.74. The molecule has 1 N–H and O–H groups in total.